The molecule has 2 atom stereocenters. The van der Waals surface area contributed by atoms with Gasteiger partial charge in [0.05, 0.1) is 19.5 Å². The van der Waals surface area contributed by atoms with E-state index in [4.69, 9.17) is 13.9 Å². The summed E-state index contributed by atoms with van der Waals surface area (Å²) in [6.07, 6.45) is 3.19. The molecule has 3 heterocycles. The monoisotopic (exact) mass is 542 g/mol. The predicted octanol–water partition coefficient (Wildman–Crippen LogP) is 3.25. The van der Waals surface area contributed by atoms with Gasteiger partial charge in [-0.25, -0.2) is 18.4 Å². The second-order valence-electron chi connectivity index (χ2n) is 8.71. The molecule has 2 unspecified atom stereocenters. The highest BCUT2D eigenvalue weighted by atomic mass is 32.2. The highest BCUT2D eigenvalue weighted by Gasteiger charge is 2.35. The number of aromatic nitrogens is 5. The van der Waals surface area contributed by atoms with Crippen LogP contribution in [0.5, 0.6) is 11.5 Å². The number of hydrogen-bond acceptors (Lipinski definition) is 10. The van der Waals surface area contributed by atoms with Crippen LogP contribution >= 0.6 is 0 Å². The molecule has 0 fully saturated rings. The quantitative estimate of drug-likeness (QED) is 0.289. The Kier molecular flexibility index (Phi) is 7.97. The van der Waals surface area contributed by atoms with Crippen molar-refractivity contribution < 1.29 is 27.4 Å². The number of ether oxygens (including phenoxy) is 2. The summed E-state index contributed by atoms with van der Waals surface area (Å²) in [5, 5.41) is 17.0. The maximum absolute atomic E-state index is 13.8. The molecule has 1 aromatic carbocycles. The highest BCUT2D eigenvalue weighted by Crippen LogP contribution is 2.38. The van der Waals surface area contributed by atoms with E-state index in [-0.39, 0.29) is 24.8 Å². The number of nitrogens with zero attached hydrogens (tertiary/aromatic N) is 5. The van der Waals surface area contributed by atoms with Crippen LogP contribution in [0.2, 0.25) is 0 Å². The number of nitrogens with one attached hydrogen (secondary N) is 1. The summed E-state index contributed by atoms with van der Waals surface area (Å²) in [6.45, 7) is 4.97. The van der Waals surface area contributed by atoms with Crippen molar-refractivity contribution in [3.8, 4) is 28.8 Å². The van der Waals surface area contributed by atoms with Crippen LogP contribution in [0, 0.1) is 13.8 Å². The molecule has 12 nitrogen and oxygen atoms in total. The molecule has 0 saturated heterocycles. The molecule has 4 aromatic rings. The number of aliphatic hydroxyl groups excluding tert-OH is 1. The standard InChI is InChI=1S/C25H30N6O6S/c1-15-13-26-23(27-14-15)17(3)21(11-12-32)38(33,34)30-25-29-28-24(20-10-9-16(2)37-20)31(25)22-18(35-4)7-6-8-19(22)36-5/h6-10,13-14,17,21,32H,11-12H2,1-5H3,(H,29,30). The Balaban J connectivity index is 1.84. The number of aryl methyl sites for hydroxylation is 2. The van der Waals surface area contributed by atoms with Gasteiger partial charge in [-0.3, -0.25) is 9.29 Å². The second-order valence-corrected chi connectivity index (χ2v) is 10.6. The van der Waals surface area contributed by atoms with Gasteiger partial charge in [0.2, 0.25) is 21.8 Å². The summed E-state index contributed by atoms with van der Waals surface area (Å²) in [6, 6.07) is 8.63. The molecule has 4 rings (SSSR count). The minimum Gasteiger partial charge on any atom is -0.494 e. The van der Waals surface area contributed by atoms with E-state index in [1.165, 1.54) is 18.8 Å². The molecule has 0 spiro atoms. The Morgan fingerprint density at radius 1 is 1.05 bits per heavy atom. The molecule has 202 valence electrons. The van der Waals surface area contributed by atoms with Crippen LogP contribution in [-0.2, 0) is 10.0 Å². The average molecular weight is 543 g/mol. The fraction of sp³-hybridized carbons (Fsp3) is 0.360. The van der Waals surface area contributed by atoms with Crippen molar-refractivity contribution in [3.63, 3.8) is 0 Å². The molecule has 0 bridgehead atoms. The van der Waals surface area contributed by atoms with Gasteiger partial charge in [0, 0.05) is 24.9 Å². The van der Waals surface area contributed by atoms with E-state index in [2.05, 4.69) is 24.9 Å². The lowest BCUT2D eigenvalue weighted by molar-refractivity contribution is 0.280. The summed E-state index contributed by atoms with van der Waals surface area (Å²) in [5.74, 6) is 1.61. The van der Waals surface area contributed by atoms with Gasteiger partial charge < -0.3 is 19.0 Å². The van der Waals surface area contributed by atoms with Gasteiger partial charge in [-0.15, -0.1) is 10.2 Å². The highest BCUT2D eigenvalue weighted by molar-refractivity contribution is 7.93. The van der Waals surface area contributed by atoms with Gasteiger partial charge >= 0.3 is 0 Å². The van der Waals surface area contributed by atoms with Crippen molar-refractivity contribution in [2.45, 2.75) is 38.4 Å². The van der Waals surface area contributed by atoms with Crippen molar-refractivity contribution in [2.24, 2.45) is 0 Å². The topological polar surface area (TPSA) is 154 Å². The minimum atomic E-state index is -4.15. The van der Waals surface area contributed by atoms with Crippen LogP contribution < -0.4 is 14.2 Å². The molecule has 0 aliphatic heterocycles. The van der Waals surface area contributed by atoms with E-state index in [0.29, 0.717) is 34.5 Å². The van der Waals surface area contributed by atoms with Crippen LogP contribution in [0.1, 0.15) is 36.4 Å². The Morgan fingerprint density at radius 2 is 1.71 bits per heavy atom. The fourth-order valence-corrected chi connectivity index (χ4v) is 5.75. The van der Waals surface area contributed by atoms with Crippen molar-refractivity contribution in [3.05, 3.63) is 59.9 Å². The largest absolute Gasteiger partial charge is 0.494 e. The molecule has 2 N–H and O–H groups in total. The summed E-state index contributed by atoms with van der Waals surface area (Å²) < 4.78 is 48.5. The average Bonchev–Trinajstić information content (AvgIpc) is 3.51. The predicted molar refractivity (Wildman–Crippen MR) is 140 cm³/mol. The van der Waals surface area contributed by atoms with Gasteiger partial charge in [-0.1, -0.05) is 13.0 Å². The lowest BCUT2D eigenvalue weighted by atomic mass is 10.0. The van der Waals surface area contributed by atoms with E-state index in [0.717, 1.165) is 5.56 Å². The van der Waals surface area contributed by atoms with Gasteiger partial charge in [0.25, 0.3) is 0 Å². The lowest BCUT2D eigenvalue weighted by Gasteiger charge is -2.23. The number of furan rings is 1. The smallest absolute Gasteiger partial charge is 0.243 e. The van der Waals surface area contributed by atoms with E-state index in [1.807, 2.05) is 6.92 Å². The van der Waals surface area contributed by atoms with Gasteiger partial charge in [-0.05, 0) is 50.1 Å². The number of anilines is 1. The van der Waals surface area contributed by atoms with E-state index < -0.39 is 21.2 Å². The number of rotatable bonds is 11. The summed E-state index contributed by atoms with van der Waals surface area (Å²) in [5.41, 5.74) is 1.22. The number of methoxy groups -OCH3 is 2. The van der Waals surface area contributed by atoms with E-state index in [1.54, 1.807) is 56.6 Å². The zero-order valence-corrected chi connectivity index (χ0v) is 22.6. The number of benzene rings is 1. The Bertz CT molecular complexity index is 1480. The molecule has 0 saturated carbocycles. The first-order valence-electron chi connectivity index (χ1n) is 11.8. The third-order valence-corrected chi connectivity index (χ3v) is 7.97. The van der Waals surface area contributed by atoms with Crippen LogP contribution in [0.3, 0.4) is 0 Å². The third kappa shape index (κ3) is 5.34. The lowest BCUT2D eigenvalue weighted by Crippen LogP contribution is -2.34. The molecule has 38 heavy (non-hydrogen) atoms. The van der Waals surface area contributed by atoms with Crippen molar-refractivity contribution in [2.75, 3.05) is 25.5 Å². The third-order valence-electron chi connectivity index (χ3n) is 6.06. The molecule has 13 heteroatoms. The number of aliphatic hydroxyl groups is 1. The molecule has 3 aromatic heterocycles. The second kappa shape index (κ2) is 11.2. The van der Waals surface area contributed by atoms with Crippen LogP contribution in [0.4, 0.5) is 5.95 Å². The molecular weight excluding hydrogens is 512 g/mol. The zero-order chi connectivity index (χ0) is 27.4. The normalized spacial score (nSPS) is 13.2. The number of sulfonamides is 1. The number of para-hydroxylation sites is 1. The number of hydrogen-bond donors (Lipinski definition) is 2. The van der Waals surface area contributed by atoms with Crippen LogP contribution in [0.25, 0.3) is 17.3 Å². The molecule has 0 aliphatic carbocycles. The van der Waals surface area contributed by atoms with Crippen molar-refractivity contribution >= 4 is 16.0 Å². The fourth-order valence-electron chi connectivity index (χ4n) is 4.14. The first-order chi connectivity index (χ1) is 18.2. The van der Waals surface area contributed by atoms with Gasteiger partial charge in [-0.2, -0.15) is 0 Å². The molecular formula is C25H30N6O6S. The maximum atomic E-state index is 13.8. The van der Waals surface area contributed by atoms with Crippen LogP contribution in [-0.4, -0.2) is 64.3 Å². The van der Waals surface area contributed by atoms with E-state index >= 15 is 0 Å². The van der Waals surface area contributed by atoms with E-state index in [9.17, 15) is 13.5 Å². The zero-order valence-electron chi connectivity index (χ0n) is 21.7. The van der Waals surface area contributed by atoms with Gasteiger partial charge in [0.1, 0.15) is 28.8 Å². The molecule has 0 aliphatic rings. The summed E-state index contributed by atoms with van der Waals surface area (Å²) in [4.78, 5) is 8.59. The van der Waals surface area contributed by atoms with Gasteiger partial charge in [0.15, 0.2) is 5.76 Å². The SMILES string of the molecule is COc1cccc(OC)c1-n1c(NS(=O)(=O)C(CCO)C(C)c2ncc(C)cn2)nnc1-c1ccc(C)o1. The Labute approximate surface area is 220 Å². The molecule has 0 radical (unpaired) electrons. The van der Waals surface area contributed by atoms with Crippen molar-refractivity contribution in [1.29, 1.82) is 0 Å². The molecule has 0 amide bonds. The minimum absolute atomic E-state index is 0.0515. The van der Waals surface area contributed by atoms with Crippen molar-refractivity contribution in [1.82, 2.24) is 24.7 Å². The summed E-state index contributed by atoms with van der Waals surface area (Å²) in [7, 11) is -1.17. The first-order valence-corrected chi connectivity index (χ1v) is 13.4. The first kappa shape index (κ1) is 27.1. The Hall–Kier alpha value is -3.97. The maximum Gasteiger partial charge on any atom is 0.243 e. The summed E-state index contributed by atoms with van der Waals surface area (Å²) >= 11 is 0. The Morgan fingerprint density at radius 3 is 2.26 bits per heavy atom. The van der Waals surface area contributed by atoms with Crippen LogP contribution in [0.15, 0.2) is 47.1 Å².